The molecule has 0 unspecified atom stereocenters. The Bertz CT molecular complexity index is 1050. The quantitative estimate of drug-likeness (QED) is 0.406. The summed E-state index contributed by atoms with van der Waals surface area (Å²) in [5.41, 5.74) is 1.60. The molecule has 2 aromatic rings. The SMILES string of the molecule is Cc1cc(NC(=O)C2(NC(=O)c3ccc(Br)s3)CCC2)ccc1N1CCOCCC1=NO. The highest BCUT2D eigenvalue weighted by Crippen LogP contribution is 2.35. The molecule has 4 rings (SSSR count). The van der Waals surface area contributed by atoms with E-state index >= 15 is 0 Å². The highest BCUT2D eigenvalue weighted by molar-refractivity contribution is 9.11. The van der Waals surface area contributed by atoms with Gasteiger partial charge in [0.25, 0.3) is 5.91 Å². The van der Waals surface area contributed by atoms with Crippen molar-refractivity contribution in [3.63, 3.8) is 0 Å². The maximum atomic E-state index is 13.1. The monoisotopic (exact) mass is 520 g/mol. The van der Waals surface area contributed by atoms with Gasteiger partial charge in [-0.25, -0.2) is 0 Å². The van der Waals surface area contributed by atoms with Gasteiger partial charge >= 0.3 is 0 Å². The van der Waals surface area contributed by atoms with E-state index in [2.05, 4.69) is 31.7 Å². The van der Waals surface area contributed by atoms with Crippen LogP contribution in [-0.4, -0.2) is 48.2 Å². The van der Waals surface area contributed by atoms with Gasteiger partial charge in [-0.1, -0.05) is 5.16 Å². The van der Waals surface area contributed by atoms with Crippen LogP contribution in [-0.2, 0) is 9.53 Å². The van der Waals surface area contributed by atoms with Gasteiger partial charge in [0.15, 0.2) is 5.84 Å². The lowest BCUT2D eigenvalue weighted by atomic mass is 9.75. The Morgan fingerprint density at radius 1 is 1.25 bits per heavy atom. The Kier molecular flexibility index (Phi) is 6.82. The lowest BCUT2D eigenvalue weighted by molar-refractivity contribution is -0.125. The summed E-state index contributed by atoms with van der Waals surface area (Å²) in [6, 6.07) is 9.18. The van der Waals surface area contributed by atoms with Crippen molar-refractivity contribution >= 4 is 56.3 Å². The number of benzene rings is 1. The molecule has 1 aliphatic heterocycles. The van der Waals surface area contributed by atoms with E-state index in [1.165, 1.54) is 11.3 Å². The summed E-state index contributed by atoms with van der Waals surface area (Å²) in [6.07, 6.45) is 2.63. The second-order valence-electron chi connectivity index (χ2n) is 7.98. The van der Waals surface area contributed by atoms with Gasteiger partial charge in [-0.05, 0) is 78.0 Å². The predicted octanol–water partition coefficient (Wildman–Crippen LogP) is 4.12. The first-order valence-electron chi connectivity index (χ1n) is 10.5. The molecule has 2 aliphatic rings. The Balaban J connectivity index is 1.48. The van der Waals surface area contributed by atoms with E-state index in [-0.39, 0.29) is 11.8 Å². The number of halogens is 1. The molecule has 0 atom stereocenters. The molecule has 1 saturated carbocycles. The summed E-state index contributed by atoms with van der Waals surface area (Å²) in [6.45, 7) is 3.58. The number of amidine groups is 1. The van der Waals surface area contributed by atoms with Gasteiger partial charge < -0.3 is 25.5 Å². The summed E-state index contributed by atoms with van der Waals surface area (Å²) in [4.78, 5) is 28.3. The van der Waals surface area contributed by atoms with Crippen molar-refractivity contribution in [2.75, 3.05) is 30.0 Å². The fraction of sp³-hybridized carbons (Fsp3) is 0.409. The molecule has 10 heteroatoms. The van der Waals surface area contributed by atoms with E-state index in [1.54, 1.807) is 6.07 Å². The van der Waals surface area contributed by atoms with E-state index in [9.17, 15) is 14.8 Å². The van der Waals surface area contributed by atoms with E-state index < -0.39 is 5.54 Å². The standard InChI is InChI=1S/C22H25BrN4O4S/c1-14-13-15(3-4-16(14)27-10-12-31-11-7-19(27)26-30)24-21(29)22(8-2-9-22)25-20(28)17-5-6-18(23)32-17/h3-6,13,30H,2,7-12H2,1H3,(H,24,29)(H,25,28). The van der Waals surface area contributed by atoms with Crippen LogP contribution in [0.5, 0.6) is 0 Å². The molecule has 1 saturated heterocycles. The van der Waals surface area contributed by atoms with Crippen molar-refractivity contribution in [2.45, 2.75) is 38.1 Å². The van der Waals surface area contributed by atoms with Crippen LogP contribution in [0.4, 0.5) is 11.4 Å². The number of nitrogens with one attached hydrogen (secondary N) is 2. The van der Waals surface area contributed by atoms with Crippen LogP contribution < -0.4 is 15.5 Å². The third-order valence-corrected chi connectivity index (χ3v) is 7.52. The van der Waals surface area contributed by atoms with Crippen LogP contribution in [0.25, 0.3) is 0 Å². The van der Waals surface area contributed by atoms with Crippen LogP contribution in [0.2, 0.25) is 0 Å². The molecule has 32 heavy (non-hydrogen) atoms. The Labute approximate surface area is 198 Å². The largest absolute Gasteiger partial charge is 0.409 e. The average molecular weight is 521 g/mol. The molecule has 2 fully saturated rings. The van der Waals surface area contributed by atoms with E-state index in [1.807, 2.05) is 36.1 Å². The lowest BCUT2D eigenvalue weighted by Gasteiger charge is -2.40. The molecular weight excluding hydrogens is 496 g/mol. The molecule has 0 bridgehead atoms. The zero-order valence-corrected chi connectivity index (χ0v) is 20.1. The minimum atomic E-state index is -0.890. The zero-order valence-electron chi connectivity index (χ0n) is 17.7. The van der Waals surface area contributed by atoms with Crippen molar-refractivity contribution in [3.05, 3.63) is 44.6 Å². The first-order chi connectivity index (χ1) is 15.4. The highest BCUT2D eigenvalue weighted by atomic mass is 79.9. The van der Waals surface area contributed by atoms with Crippen LogP contribution in [0.15, 0.2) is 39.3 Å². The minimum absolute atomic E-state index is 0.208. The van der Waals surface area contributed by atoms with E-state index in [0.717, 1.165) is 21.5 Å². The van der Waals surface area contributed by atoms with Gasteiger partial charge in [0.05, 0.1) is 21.9 Å². The number of amides is 2. The van der Waals surface area contributed by atoms with Crippen molar-refractivity contribution < 1.29 is 19.5 Å². The van der Waals surface area contributed by atoms with Gasteiger partial charge in [0, 0.05) is 24.3 Å². The summed E-state index contributed by atoms with van der Waals surface area (Å²) in [7, 11) is 0. The van der Waals surface area contributed by atoms with Gasteiger partial charge in [-0.3, -0.25) is 9.59 Å². The van der Waals surface area contributed by atoms with Crippen molar-refractivity contribution in [1.29, 1.82) is 0 Å². The maximum Gasteiger partial charge on any atom is 0.262 e. The van der Waals surface area contributed by atoms with Crippen molar-refractivity contribution in [1.82, 2.24) is 5.32 Å². The average Bonchev–Trinajstić information content (AvgIpc) is 3.04. The third-order valence-electron chi connectivity index (χ3n) is 5.89. The molecule has 1 aromatic heterocycles. The Morgan fingerprint density at radius 3 is 2.69 bits per heavy atom. The molecular formula is C22H25BrN4O4S. The summed E-state index contributed by atoms with van der Waals surface area (Å²) in [5.74, 6) is 0.112. The minimum Gasteiger partial charge on any atom is -0.409 e. The van der Waals surface area contributed by atoms with Gasteiger partial charge in [0.2, 0.25) is 5.91 Å². The first-order valence-corrected chi connectivity index (χ1v) is 12.1. The number of ether oxygens (including phenoxy) is 1. The Morgan fingerprint density at radius 2 is 2.06 bits per heavy atom. The summed E-state index contributed by atoms with van der Waals surface area (Å²) >= 11 is 4.70. The number of aryl methyl sites for hydroxylation is 1. The molecule has 2 heterocycles. The van der Waals surface area contributed by atoms with Crippen LogP contribution in [0.1, 0.15) is 40.9 Å². The fourth-order valence-electron chi connectivity index (χ4n) is 3.99. The van der Waals surface area contributed by atoms with Crippen LogP contribution in [0, 0.1) is 6.92 Å². The maximum absolute atomic E-state index is 13.1. The molecule has 1 aliphatic carbocycles. The number of anilines is 2. The summed E-state index contributed by atoms with van der Waals surface area (Å²) < 4.78 is 6.36. The lowest BCUT2D eigenvalue weighted by Crippen LogP contribution is -2.61. The van der Waals surface area contributed by atoms with Gasteiger partial charge in [-0.2, -0.15) is 0 Å². The number of hydrogen-bond donors (Lipinski definition) is 3. The van der Waals surface area contributed by atoms with Gasteiger partial charge in [-0.15, -0.1) is 11.3 Å². The number of nitrogens with zero attached hydrogens (tertiary/aromatic N) is 2. The number of carbonyl (C=O) groups excluding carboxylic acids is 2. The molecule has 0 radical (unpaired) electrons. The third kappa shape index (κ3) is 4.67. The molecule has 2 amide bonds. The topological polar surface area (TPSA) is 103 Å². The van der Waals surface area contributed by atoms with E-state index in [0.29, 0.717) is 55.4 Å². The van der Waals surface area contributed by atoms with Crippen LogP contribution in [0.3, 0.4) is 0 Å². The molecule has 170 valence electrons. The normalized spacial score (nSPS) is 19.2. The zero-order chi connectivity index (χ0) is 22.7. The highest BCUT2D eigenvalue weighted by Gasteiger charge is 2.45. The first kappa shape index (κ1) is 22.8. The molecule has 0 spiro atoms. The molecule has 1 aromatic carbocycles. The van der Waals surface area contributed by atoms with Crippen LogP contribution >= 0.6 is 27.3 Å². The fourth-order valence-corrected chi connectivity index (χ4v) is 5.27. The number of rotatable bonds is 5. The number of thiophene rings is 1. The van der Waals surface area contributed by atoms with Crippen molar-refractivity contribution in [2.24, 2.45) is 5.16 Å². The van der Waals surface area contributed by atoms with E-state index in [4.69, 9.17) is 4.74 Å². The second-order valence-corrected chi connectivity index (χ2v) is 10.4. The Hall–Kier alpha value is -2.43. The smallest absolute Gasteiger partial charge is 0.262 e. The number of oxime groups is 1. The van der Waals surface area contributed by atoms with Crippen molar-refractivity contribution in [3.8, 4) is 0 Å². The molecule has 8 nitrogen and oxygen atoms in total. The number of carbonyl (C=O) groups is 2. The predicted molar refractivity (Wildman–Crippen MR) is 128 cm³/mol. The molecule has 3 N–H and O–H groups in total. The van der Waals surface area contributed by atoms with Gasteiger partial charge in [0.1, 0.15) is 5.54 Å². The number of hydrogen-bond acceptors (Lipinski definition) is 6. The summed E-state index contributed by atoms with van der Waals surface area (Å²) in [5, 5.41) is 18.7. The second kappa shape index (κ2) is 9.60.